The molecule has 6 nitrogen and oxygen atoms in total. The van der Waals surface area contributed by atoms with Crippen molar-refractivity contribution in [1.82, 2.24) is 0 Å². The fraction of sp³-hybridized carbons (Fsp3) is 0.625. The van der Waals surface area contributed by atoms with E-state index in [2.05, 4.69) is 6.58 Å². The Morgan fingerprint density at radius 2 is 2.07 bits per heavy atom. The molecule has 0 aliphatic rings. The Hall–Kier alpha value is -0.680. The highest BCUT2D eigenvalue weighted by Gasteiger charge is 2.27. The number of hydrogen-bond acceptors (Lipinski definition) is 3. The molecule has 0 atom stereocenters. The summed E-state index contributed by atoms with van der Waals surface area (Å²) in [4.78, 5) is 28.2. The second-order valence-corrected chi connectivity index (χ2v) is 5.45. The SMILES string of the molecule is C=CC(=O)OCC[N+](C)(C)CP(=O)(O)O. The maximum absolute atomic E-state index is 10.8. The Kier molecular flexibility index (Phi) is 5.17. The Balaban J connectivity index is 3.99. The fourth-order valence-electron chi connectivity index (χ4n) is 1.02. The summed E-state index contributed by atoms with van der Waals surface area (Å²) >= 11 is 0. The molecule has 0 radical (unpaired) electrons. The molecule has 2 N–H and O–H groups in total. The predicted molar refractivity (Wildman–Crippen MR) is 55.0 cm³/mol. The summed E-state index contributed by atoms with van der Waals surface area (Å²) in [5.41, 5.74) is 0. The second kappa shape index (κ2) is 5.42. The molecule has 0 amide bonds. The number of carbonyl (C=O) groups is 1. The number of nitrogens with zero attached hydrogens (tertiary/aromatic N) is 1. The number of rotatable bonds is 6. The van der Waals surface area contributed by atoms with Crippen LogP contribution in [0.4, 0.5) is 0 Å². The number of ether oxygens (including phenoxy) is 1. The lowest BCUT2D eigenvalue weighted by Gasteiger charge is -2.29. The molecule has 0 rings (SSSR count). The summed E-state index contributed by atoms with van der Waals surface area (Å²) in [6.45, 7) is 3.68. The van der Waals surface area contributed by atoms with Crippen LogP contribution in [0.25, 0.3) is 0 Å². The average Bonchev–Trinajstić information content (AvgIpc) is 1.98. The first-order valence-electron chi connectivity index (χ1n) is 4.32. The summed E-state index contributed by atoms with van der Waals surface area (Å²) in [7, 11) is -0.739. The molecular weight excluding hydrogens is 221 g/mol. The van der Waals surface area contributed by atoms with Gasteiger partial charge in [0.1, 0.15) is 13.2 Å². The maximum atomic E-state index is 10.8. The minimum Gasteiger partial charge on any atom is -0.457 e. The van der Waals surface area contributed by atoms with Crippen LogP contribution in [0, 0.1) is 0 Å². The van der Waals surface area contributed by atoms with Crippen molar-refractivity contribution in [3.8, 4) is 0 Å². The molecule has 0 unspecified atom stereocenters. The van der Waals surface area contributed by atoms with Crippen LogP contribution < -0.4 is 0 Å². The third-order valence-corrected chi connectivity index (χ3v) is 2.81. The van der Waals surface area contributed by atoms with Crippen LogP contribution in [0.2, 0.25) is 0 Å². The van der Waals surface area contributed by atoms with Crippen molar-refractivity contribution >= 4 is 13.6 Å². The molecule has 15 heavy (non-hydrogen) atoms. The Morgan fingerprint density at radius 1 is 1.53 bits per heavy atom. The number of quaternary nitrogens is 1. The molecule has 0 aromatic heterocycles. The summed E-state index contributed by atoms with van der Waals surface area (Å²) in [6, 6.07) is 0. The molecule has 7 heteroatoms. The lowest BCUT2D eigenvalue weighted by molar-refractivity contribution is -0.879. The second-order valence-electron chi connectivity index (χ2n) is 3.84. The van der Waals surface area contributed by atoms with Crippen LogP contribution >= 0.6 is 7.60 Å². The highest BCUT2D eigenvalue weighted by Crippen LogP contribution is 2.36. The molecule has 0 saturated carbocycles. The zero-order chi connectivity index (χ0) is 12.1. The van der Waals surface area contributed by atoms with Gasteiger partial charge in [-0.15, -0.1) is 0 Å². The summed E-state index contributed by atoms with van der Waals surface area (Å²) in [6.07, 6.45) is 0.765. The standard InChI is InChI=1S/C8H16NO5P/c1-4-8(10)14-6-5-9(2,3)7-15(11,12)13/h4H,1,5-7H2,2-3H3,(H-,11,12,13)/p+1. The van der Waals surface area contributed by atoms with E-state index in [9.17, 15) is 9.36 Å². The Labute approximate surface area is 88.9 Å². The van der Waals surface area contributed by atoms with Gasteiger partial charge in [0, 0.05) is 6.08 Å². The lowest BCUT2D eigenvalue weighted by Crippen LogP contribution is -2.43. The van der Waals surface area contributed by atoms with E-state index in [1.807, 2.05) is 0 Å². The molecule has 88 valence electrons. The summed E-state index contributed by atoms with van der Waals surface area (Å²) < 4.78 is 15.6. The van der Waals surface area contributed by atoms with E-state index in [1.54, 1.807) is 14.1 Å². The molecule has 0 aliphatic carbocycles. The van der Waals surface area contributed by atoms with Gasteiger partial charge in [-0.1, -0.05) is 6.58 Å². The van der Waals surface area contributed by atoms with Crippen molar-refractivity contribution in [2.45, 2.75) is 0 Å². The predicted octanol–water partition coefficient (Wildman–Crippen LogP) is -0.0728. The average molecular weight is 238 g/mol. The van der Waals surface area contributed by atoms with Gasteiger partial charge in [-0.05, 0) is 0 Å². The smallest absolute Gasteiger partial charge is 0.379 e. The van der Waals surface area contributed by atoms with Crippen molar-refractivity contribution in [1.29, 1.82) is 0 Å². The first-order chi connectivity index (χ1) is 6.66. The topological polar surface area (TPSA) is 83.8 Å². The van der Waals surface area contributed by atoms with Gasteiger partial charge in [-0.3, -0.25) is 4.57 Å². The van der Waals surface area contributed by atoms with Gasteiger partial charge >= 0.3 is 13.6 Å². The van der Waals surface area contributed by atoms with Crippen molar-refractivity contribution in [3.63, 3.8) is 0 Å². The van der Waals surface area contributed by atoms with Gasteiger partial charge in [0.2, 0.25) is 0 Å². The molecular formula is C8H17NO5P+. The van der Waals surface area contributed by atoms with Gasteiger partial charge in [0.05, 0.1) is 14.1 Å². The number of likely N-dealkylation sites (N-methyl/N-ethyl adjacent to an activating group) is 1. The fourth-order valence-corrected chi connectivity index (χ4v) is 2.16. The minimum atomic E-state index is -4.05. The van der Waals surface area contributed by atoms with E-state index >= 15 is 0 Å². The van der Waals surface area contributed by atoms with E-state index < -0.39 is 13.6 Å². The van der Waals surface area contributed by atoms with E-state index in [-0.39, 0.29) is 17.4 Å². The van der Waals surface area contributed by atoms with Crippen molar-refractivity contribution < 1.29 is 28.4 Å². The summed E-state index contributed by atoms with van der Waals surface area (Å²) in [5, 5.41) is 0. The van der Waals surface area contributed by atoms with Gasteiger partial charge < -0.3 is 19.0 Å². The number of hydrogen-bond donors (Lipinski definition) is 2. The van der Waals surface area contributed by atoms with E-state index in [1.165, 1.54) is 0 Å². The Bertz CT molecular complexity index is 283. The first kappa shape index (κ1) is 14.3. The maximum Gasteiger partial charge on any atom is 0.379 e. The van der Waals surface area contributed by atoms with Crippen LogP contribution in [-0.4, -0.2) is 53.8 Å². The zero-order valence-electron chi connectivity index (χ0n) is 8.92. The highest BCUT2D eigenvalue weighted by atomic mass is 31.2. The molecule has 0 aromatic carbocycles. The first-order valence-corrected chi connectivity index (χ1v) is 6.12. The van der Waals surface area contributed by atoms with Crippen LogP contribution in [0.3, 0.4) is 0 Å². The zero-order valence-corrected chi connectivity index (χ0v) is 9.81. The van der Waals surface area contributed by atoms with E-state index in [4.69, 9.17) is 14.5 Å². The number of carbonyl (C=O) groups excluding carboxylic acids is 1. The molecule has 0 aromatic rings. The Morgan fingerprint density at radius 3 is 2.47 bits per heavy atom. The minimum absolute atomic E-state index is 0.0920. The molecule has 0 bridgehead atoms. The van der Waals surface area contributed by atoms with Crippen molar-refractivity contribution in [2.24, 2.45) is 0 Å². The lowest BCUT2D eigenvalue weighted by atomic mass is 10.5. The van der Waals surface area contributed by atoms with Crippen LogP contribution in [-0.2, 0) is 14.1 Å². The van der Waals surface area contributed by atoms with E-state index in [0.29, 0.717) is 6.54 Å². The quantitative estimate of drug-likeness (QED) is 0.293. The van der Waals surface area contributed by atoms with Gasteiger partial charge in [0.15, 0.2) is 6.29 Å². The molecule has 0 heterocycles. The third-order valence-electron chi connectivity index (χ3n) is 1.67. The molecule has 0 saturated heterocycles. The molecule has 0 spiro atoms. The largest absolute Gasteiger partial charge is 0.457 e. The normalized spacial score (nSPS) is 12.3. The van der Waals surface area contributed by atoms with Crippen LogP contribution in [0.1, 0.15) is 0 Å². The van der Waals surface area contributed by atoms with Gasteiger partial charge in [-0.25, -0.2) is 4.79 Å². The number of esters is 1. The summed E-state index contributed by atoms with van der Waals surface area (Å²) in [5.74, 6) is -0.536. The van der Waals surface area contributed by atoms with Crippen LogP contribution in [0.15, 0.2) is 12.7 Å². The van der Waals surface area contributed by atoms with Gasteiger partial charge in [0.25, 0.3) is 0 Å². The van der Waals surface area contributed by atoms with Crippen molar-refractivity contribution in [3.05, 3.63) is 12.7 Å². The third kappa shape index (κ3) is 8.32. The van der Waals surface area contributed by atoms with Gasteiger partial charge in [-0.2, -0.15) is 0 Å². The molecule has 0 fully saturated rings. The van der Waals surface area contributed by atoms with Crippen molar-refractivity contribution in [2.75, 3.05) is 33.5 Å². The van der Waals surface area contributed by atoms with Crippen LogP contribution in [0.5, 0.6) is 0 Å². The highest BCUT2D eigenvalue weighted by molar-refractivity contribution is 7.51. The van der Waals surface area contributed by atoms with E-state index in [0.717, 1.165) is 6.08 Å². The monoisotopic (exact) mass is 238 g/mol. The molecule has 0 aliphatic heterocycles.